The van der Waals surface area contributed by atoms with E-state index in [1.807, 2.05) is 0 Å². The van der Waals surface area contributed by atoms with E-state index in [0.717, 1.165) is 19.3 Å². The van der Waals surface area contributed by atoms with Gasteiger partial charge in [-0.1, -0.05) is 0 Å². The number of halogens is 1. The van der Waals surface area contributed by atoms with Gasteiger partial charge in [-0.2, -0.15) is 0 Å². The van der Waals surface area contributed by atoms with Crippen LogP contribution in [0.25, 0.3) is 0 Å². The lowest BCUT2D eigenvalue weighted by atomic mass is 9.78. The minimum absolute atomic E-state index is 0.0729. The fraction of sp³-hybridized carbons (Fsp3) is 0.583. The number of alkyl halides is 1. The Morgan fingerprint density at radius 2 is 2.11 bits per heavy atom. The molecule has 1 aromatic heterocycles. The summed E-state index contributed by atoms with van der Waals surface area (Å²) in [4.78, 5) is 4.36. The predicted molar refractivity (Wildman–Crippen MR) is 76.0 cm³/mol. The van der Waals surface area contributed by atoms with Crippen LogP contribution >= 0.6 is 11.6 Å². The maximum absolute atomic E-state index is 11.9. The summed E-state index contributed by atoms with van der Waals surface area (Å²) in [6.07, 6.45) is 4.58. The fourth-order valence-corrected chi connectivity index (χ4v) is 3.17. The molecular formula is C12H18ClN3O2S. The van der Waals surface area contributed by atoms with Crippen LogP contribution in [0.3, 0.4) is 0 Å². The molecule has 0 radical (unpaired) electrons. The molecule has 2 rings (SSSR count). The van der Waals surface area contributed by atoms with E-state index in [1.165, 1.54) is 24.6 Å². The van der Waals surface area contributed by atoms with Crippen LogP contribution in [0.1, 0.15) is 19.3 Å². The molecule has 0 aromatic carbocycles. The van der Waals surface area contributed by atoms with E-state index in [1.54, 1.807) is 12.1 Å². The summed E-state index contributed by atoms with van der Waals surface area (Å²) in [6.45, 7) is 0. The van der Waals surface area contributed by atoms with Gasteiger partial charge in [-0.3, -0.25) is 0 Å². The number of nitrogens with one attached hydrogen (secondary N) is 1. The molecule has 7 heteroatoms. The normalized spacial score (nSPS) is 18.1. The van der Waals surface area contributed by atoms with Crippen LogP contribution < -0.4 is 5.32 Å². The predicted octanol–water partition coefficient (Wildman–Crippen LogP) is 1.91. The van der Waals surface area contributed by atoms with Crippen LogP contribution in [0.15, 0.2) is 23.2 Å². The van der Waals surface area contributed by atoms with Crippen molar-refractivity contribution in [2.75, 3.05) is 25.3 Å². The highest BCUT2D eigenvalue weighted by Crippen LogP contribution is 2.35. The first-order valence-corrected chi connectivity index (χ1v) is 8.10. The number of sulfonamides is 1. The summed E-state index contributed by atoms with van der Waals surface area (Å²) < 4.78 is 25.0. The Morgan fingerprint density at radius 3 is 2.47 bits per heavy atom. The van der Waals surface area contributed by atoms with Gasteiger partial charge in [0.05, 0.1) is 5.54 Å². The fourth-order valence-electron chi connectivity index (χ4n) is 1.98. The molecule has 0 spiro atoms. The number of nitrogens with zero attached hydrogens (tertiary/aromatic N) is 2. The van der Waals surface area contributed by atoms with Crippen LogP contribution in [0, 0.1) is 0 Å². The molecule has 0 bridgehead atoms. The second-order valence-corrected chi connectivity index (χ2v) is 7.48. The highest BCUT2D eigenvalue weighted by Gasteiger charge is 2.36. The van der Waals surface area contributed by atoms with Crippen molar-refractivity contribution in [1.29, 1.82) is 0 Å². The standard InChI is InChI=1S/C12H18ClN3O2S/c1-16(2)19(17,18)10-4-5-11(14-8-10)15-12(9-13)6-3-7-12/h4-5,8H,3,6-7,9H2,1-2H3,(H,14,15). The van der Waals surface area contributed by atoms with Gasteiger partial charge in [0.15, 0.2) is 0 Å². The summed E-state index contributed by atoms with van der Waals surface area (Å²) in [5.41, 5.74) is -0.0729. The number of anilines is 1. The number of rotatable bonds is 5. The zero-order chi connectivity index (χ0) is 14.1. The van der Waals surface area contributed by atoms with Gasteiger partial charge in [-0.05, 0) is 31.4 Å². The van der Waals surface area contributed by atoms with Crippen LogP contribution in [0.5, 0.6) is 0 Å². The molecule has 0 atom stereocenters. The summed E-state index contributed by atoms with van der Waals surface area (Å²) >= 11 is 5.96. The summed E-state index contributed by atoms with van der Waals surface area (Å²) in [6, 6.07) is 3.24. The Hall–Kier alpha value is -0.850. The highest BCUT2D eigenvalue weighted by molar-refractivity contribution is 7.89. The monoisotopic (exact) mass is 303 g/mol. The van der Waals surface area contributed by atoms with E-state index in [4.69, 9.17) is 11.6 Å². The minimum Gasteiger partial charge on any atom is -0.363 e. The number of hydrogen-bond acceptors (Lipinski definition) is 4. The van der Waals surface area contributed by atoms with Crippen molar-refractivity contribution in [3.8, 4) is 0 Å². The van der Waals surface area contributed by atoms with E-state index in [-0.39, 0.29) is 10.4 Å². The van der Waals surface area contributed by atoms with E-state index < -0.39 is 10.0 Å². The number of pyridine rings is 1. The van der Waals surface area contributed by atoms with Crippen molar-refractivity contribution in [1.82, 2.24) is 9.29 Å². The molecule has 0 amide bonds. The molecule has 106 valence electrons. The average molecular weight is 304 g/mol. The van der Waals surface area contributed by atoms with E-state index in [0.29, 0.717) is 11.7 Å². The van der Waals surface area contributed by atoms with Gasteiger partial charge in [0.2, 0.25) is 10.0 Å². The van der Waals surface area contributed by atoms with Crippen molar-refractivity contribution < 1.29 is 8.42 Å². The Morgan fingerprint density at radius 1 is 1.42 bits per heavy atom. The second kappa shape index (κ2) is 5.26. The number of aromatic nitrogens is 1. The van der Waals surface area contributed by atoms with Gasteiger partial charge in [0.1, 0.15) is 10.7 Å². The first kappa shape index (κ1) is 14.6. The van der Waals surface area contributed by atoms with E-state index in [9.17, 15) is 8.42 Å². The average Bonchev–Trinajstić information content (AvgIpc) is 2.34. The third kappa shape index (κ3) is 2.85. The van der Waals surface area contributed by atoms with Gasteiger partial charge in [-0.25, -0.2) is 17.7 Å². The maximum atomic E-state index is 11.9. The lowest BCUT2D eigenvalue weighted by molar-refractivity contribution is 0.310. The largest absolute Gasteiger partial charge is 0.363 e. The third-order valence-electron chi connectivity index (χ3n) is 3.47. The van der Waals surface area contributed by atoms with Gasteiger partial charge >= 0.3 is 0 Å². The third-order valence-corrected chi connectivity index (χ3v) is 5.78. The van der Waals surface area contributed by atoms with Gasteiger partial charge in [0, 0.05) is 26.2 Å². The molecule has 1 heterocycles. The summed E-state index contributed by atoms with van der Waals surface area (Å²) in [5, 5.41) is 3.30. The van der Waals surface area contributed by atoms with Crippen LogP contribution in [-0.4, -0.2) is 43.2 Å². The van der Waals surface area contributed by atoms with Crippen LogP contribution in [0.2, 0.25) is 0 Å². The van der Waals surface area contributed by atoms with Crippen molar-refractivity contribution in [3.63, 3.8) is 0 Å². The van der Waals surface area contributed by atoms with Crippen LogP contribution in [0.4, 0.5) is 5.82 Å². The Labute approximate surface area is 119 Å². The summed E-state index contributed by atoms with van der Waals surface area (Å²) in [5.74, 6) is 1.20. The van der Waals surface area contributed by atoms with Gasteiger partial charge in [-0.15, -0.1) is 11.6 Å². The molecule has 1 N–H and O–H groups in total. The van der Waals surface area contributed by atoms with Crippen molar-refractivity contribution in [2.45, 2.75) is 29.7 Å². The Balaban J connectivity index is 2.15. The molecule has 0 saturated heterocycles. The molecule has 1 saturated carbocycles. The van der Waals surface area contributed by atoms with Gasteiger partial charge < -0.3 is 5.32 Å². The van der Waals surface area contributed by atoms with E-state index >= 15 is 0 Å². The van der Waals surface area contributed by atoms with Crippen molar-refractivity contribution in [3.05, 3.63) is 18.3 Å². The van der Waals surface area contributed by atoms with Crippen molar-refractivity contribution >= 4 is 27.4 Å². The quantitative estimate of drug-likeness (QED) is 0.844. The lowest BCUT2D eigenvalue weighted by Gasteiger charge is -2.41. The number of hydrogen-bond donors (Lipinski definition) is 1. The SMILES string of the molecule is CN(C)S(=O)(=O)c1ccc(NC2(CCl)CCC2)nc1. The van der Waals surface area contributed by atoms with E-state index in [2.05, 4.69) is 10.3 Å². The molecule has 1 aromatic rings. The Bertz CT molecular complexity index is 533. The molecule has 1 fully saturated rings. The molecule has 0 aliphatic heterocycles. The molecule has 19 heavy (non-hydrogen) atoms. The highest BCUT2D eigenvalue weighted by atomic mass is 35.5. The molecule has 5 nitrogen and oxygen atoms in total. The Kier molecular flexibility index (Phi) is 4.03. The first-order valence-electron chi connectivity index (χ1n) is 6.12. The molecule has 1 aliphatic carbocycles. The minimum atomic E-state index is -3.42. The van der Waals surface area contributed by atoms with Gasteiger partial charge in [0.25, 0.3) is 0 Å². The van der Waals surface area contributed by atoms with Crippen LogP contribution in [-0.2, 0) is 10.0 Å². The molecular weight excluding hydrogens is 286 g/mol. The smallest absolute Gasteiger partial charge is 0.244 e. The maximum Gasteiger partial charge on any atom is 0.244 e. The summed E-state index contributed by atoms with van der Waals surface area (Å²) in [7, 11) is -0.421. The first-order chi connectivity index (χ1) is 8.89. The van der Waals surface area contributed by atoms with Crippen molar-refractivity contribution in [2.24, 2.45) is 0 Å². The lowest BCUT2D eigenvalue weighted by Crippen LogP contribution is -2.47. The zero-order valence-corrected chi connectivity index (χ0v) is 12.6. The topological polar surface area (TPSA) is 62.3 Å². The zero-order valence-electron chi connectivity index (χ0n) is 11.1. The molecule has 0 unspecified atom stereocenters. The second-order valence-electron chi connectivity index (χ2n) is 5.06. The molecule has 1 aliphatic rings.